The van der Waals surface area contributed by atoms with Gasteiger partial charge in [0, 0.05) is 33.3 Å². The molecule has 1 fully saturated rings. The molecule has 0 aromatic carbocycles. The summed E-state index contributed by atoms with van der Waals surface area (Å²) in [5.74, 6) is 1.03. The van der Waals surface area contributed by atoms with Crippen molar-refractivity contribution < 1.29 is 9.47 Å². The van der Waals surface area contributed by atoms with Gasteiger partial charge in [0.1, 0.15) is 0 Å². The highest BCUT2D eigenvalue weighted by molar-refractivity contribution is 14.0. The molecule has 0 radical (unpaired) electrons. The first-order valence-corrected chi connectivity index (χ1v) is 8.16. The van der Waals surface area contributed by atoms with E-state index in [4.69, 9.17) is 9.47 Å². The topological polar surface area (TPSA) is 46.1 Å². The number of nitrogens with zero attached hydrogens (tertiary/aromatic N) is 2. The fourth-order valence-electron chi connectivity index (χ4n) is 2.93. The molecule has 2 rings (SSSR count). The third kappa shape index (κ3) is 6.42. The molecule has 1 N–H and O–H groups in total. The number of rotatable bonds is 5. The molecule has 0 aromatic rings. The van der Waals surface area contributed by atoms with Crippen LogP contribution >= 0.6 is 24.0 Å². The van der Waals surface area contributed by atoms with Gasteiger partial charge in [-0.3, -0.25) is 4.99 Å². The Hall–Kier alpha value is -0.340. The second-order valence-electron chi connectivity index (χ2n) is 5.55. The van der Waals surface area contributed by atoms with Crippen molar-refractivity contribution in [2.75, 3.05) is 46.5 Å². The fourth-order valence-corrected chi connectivity index (χ4v) is 2.93. The Morgan fingerprint density at radius 1 is 1.45 bits per heavy atom. The number of guanidine groups is 1. The van der Waals surface area contributed by atoms with Crippen molar-refractivity contribution in [3.8, 4) is 0 Å². The van der Waals surface area contributed by atoms with Crippen LogP contribution in [-0.4, -0.2) is 63.5 Å². The molecular formula is C16H30IN3O2. The van der Waals surface area contributed by atoms with Gasteiger partial charge < -0.3 is 19.7 Å². The summed E-state index contributed by atoms with van der Waals surface area (Å²) in [6.45, 7) is 7.53. The second-order valence-corrected chi connectivity index (χ2v) is 5.55. The predicted octanol–water partition coefficient (Wildman–Crippen LogP) is 2.42. The lowest BCUT2D eigenvalue weighted by Crippen LogP contribution is -2.47. The van der Waals surface area contributed by atoms with Gasteiger partial charge in [-0.05, 0) is 32.6 Å². The summed E-state index contributed by atoms with van der Waals surface area (Å²) in [5.41, 5.74) is 1.50. The minimum atomic E-state index is 0. The van der Waals surface area contributed by atoms with E-state index >= 15 is 0 Å². The highest BCUT2D eigenvalue weighted by Crippen LogP contribution is 2.14. The van der Waals surface area contributed by atoms with E-state index in [-0.39, 0.29) is 24.0 Å². The van der Waals surface area contributed by atoms with Crippen LogP contribution in [0.25, 0.3) is 0 Å². The number of halogens is 1. The average molecular weight is 423 g/mol. The van der Waals surface area contributed by atoms with Gasteiger partial charge in [0.15, 0.2) is 5.96 Å². The van der Waals surface area contributed by atoms with Gasteiger partial charge >= 0.3 is 0 Å². The van der Waals surface area contributed by atoms with E-state index < -0.39 is 0 Å². The van der Waals surface area contributed by atoms with Crippen LogP contribution in [-0.2, 0) is 9.47 Å². The van der Waals surface area contributed by atoms with E-state index in [0.717, 1.165) is 71.1 Å². The van der Waals surface area contributed by atoms with Crippen LogP contribution in [0.1, 0.15) is 32.6 Å². The zero-order valence-electron chi connectivity index (χ0n) is 13.8. The number of aliphatic imine (C=N–C) groups is 1. The van der Waals surface area contributed by atoms with Crippen molar-refractivity contribution in [2.45, 2.75) is 38.7 Å². The van der Waals surface area contributed by atoms with Crippen molar-refractivity contribution in [1.82, 2.24) is 10.2 Å². The lowest BCUT2D eigenvalue weighted by atomic mass is 10.1. The van der Waals surface area contributed by atoms with Crippen molar-refractivity contribution in [3.05, 3.63) is 11.6 Å². The molecule has 0 unspecified atom stereocenters. The number of hydrogen-bond acceptors (Lipinski definition) is 3. The lowest BCUT2D eigenvalue weighted by molar-refractivity contribution is 0.0264. The zero-order chi connectivity index (χ0) is 14.9. The first kappa shape index (κ1) is 19.7. The summed E-state index contributed by atoms with van der Waals surface area (Å²) in [5, 5.41) is 3.49. The van der Waals surface area contributed by atoms with E-state index in [9.17, 15) is 0 Å². The smallest absolute Gasteiger partial charge is 0.193 e. The Labute approximate surface area is 151 Å². The maximum absolute atomic E-state index is 5.70. The molecule has 1 saturated heterocycles. The molecule has 6 heteroatoms. The molecule has 128 valence electrons. The molecule has 0 bridgehead atoms. The van der Waals surface area contributed by atoms with Crippen LogP contribution in [0.15, 0.2) is 16.6 Å². The van der Waals surface area contributed by atoms with Crippen LogP contribution in [0.3, 0.4) is 0 Å². The van der Waals surface area contributed by atoms with Gasteiger partial charge in [-0.2, -0.15) is 0 Å². The van der Waals surface area contributed by atoms with Gasteiger partial charge in [0.25, 0.3) is 0 Å². The summed E-state index contributed by atoms with van der Waals surface area (Å²) in [6.07, 6.45) is 6.98. The fraction of sp³-hybridized carbons (Fsp3) is 0.812. The number of hydrogen-bond donors (Lipinski definition) is 1. The monoisotopic (exact) mass is 423 g/mol. The normalized spacial score (nSPS) is 20.4. The van der Waals surface area contributed by atoms with E-state index in [1.807, 2.05) is 7.05 Å². The quantitative estimate of drug-likeness (QED) is 0.319. The Balaban J connectivity index is 0.00000242. The predicted molar refractivity (Wildman–Crippen MR) is 101 cm³/mol. The number of nitrogens with one attached hydrogen (secondary N) is 1. The third-order valence-corrected chi connectivity index (χ3v) is 4.14. The molecule has 2 heterocycles. The Kier molecular flexibility index (Phi) is 10.1. The van der Waals surface area contributed by atoms with Gasteiger partial charge in [-0.1, -0.05) is 11.6 Å². The molecule has 5 nitrogen and oxygen atoms in total. The van der Waals surface area contributed by atoms with E-state index in [0.29, 0.717) is 6.10 Å². The maximum atomic E-state index is 5.70. The van der Waals surface area contributed by atoms with E-state index in [2.05, 4.69) is 28.2 Å². The molecule has 22 heavy (non-hydrogen) atoms. The van der Waals surface area contributed by atoms with Crippen molar-refractivity contribution >= 4 is 29.9 Å². The highest BCUT2D eigenvalue weighted by Gasteiger charge is 2.21. The summed E-state index contributed by atoms with van der Waals surface area (Å²) in [4.78, 5) is 6.75. The van der Waals surface area contributed by atoms with Gasteiger partial charge in [-0.15, -0.1) is 24.0 Å². The van der Waals surface area contributed by atoms with Crippen LogP contribution in [0, 0.1) is 0 Å². The number of likely N-dealkylation sites (tertiary alicyclic amines) is 1. The molecule has 0 aromatic heterocycles. The molecule has 0 atom stereocenters. The SMILES string of the molecule is CCOC1CCN(C(=NC)NCCC2=CCOCC2)CC1.I. The summed E-state index contributed by atoms with van der Waals surface area (Å²) >= 11 is 0. The van der Waals surface area contributed by atoms with Crippen LogP contribution in [0.5, 0.6) is 0 Å². The minimum Gasteiger partial charge on any atom is -0.378 e. The summed E-state index contributed by atoms with van der Waals surface area (Å²) in [6, 6.07) is 0. The second kappa shape index (κ2) is 11.2. The molecule has 0 saturated carbocycles. The van der Waals surface area contributed by atoms with Gasteiger partial charge in [-0.25, -0.2) is 0 Å². The van der Waals surface area contributed by atoms with Crippen LogP contribution < -0.4 is 5.32 Å². The molecule has 2 aliphatic heterocycles. The zero-order valence-corrected chi connectivity index (χ0v) is 16.2. The number of ether oxygens (including phenoxy) is 2. The maximum Gasteiger partial charge on any atom is 0.193 e. The molecule has 0 amide bonds. The number of piperidine rings is 1. The standard InChI is InChI=1S/C16H29N3O2.HI/c1-3-21-15-5-10-19(11-6-15)16(17-2)18-9-4-14-7-12-20-13-8-14;/h7,15H,3-6,8-13H2,1-2H3,(H,17,18);1H. The largest absolute Gasteiger partial charge is 0.378 e. The first-order chi connectivity index (χ1) is 10.3. The average Bonchev–Trinajstić information content (AvgIpc) is 2.54. The van der Waals surface area contributed by atoms with Crippen molar-refractivity contribution in [1.29, 1.82) is 0 Å². The third-order valence-electron chi connectivity index (χ3n) is 4.14. The van der Waals surface area contributed by atoms with Crippen molar-refractivity contribution in [2.24, 2.45) is 4.99 Å². The Morgan fingerprint density at radius 3 is 2.82 bits per heavy atom. The molecule has 2 aliphatic rings. The first-order valence-electron chi connectivity index (χ1n) is 8.16. The van der Waals surface area contributed by atoms with Crippen LogP contribution in [0.2, 0.25) is 0 Å². The summed E-state index contributed by atoms with van der Waals surface area (Å²) < 4.78 is 11.0. The Morgan fingerprint density at radius 2 is 2.23 bits per heavy atom. The van der Waals surface area contributed by atoms with Gasteiger partial charge in [0.2, 0.25) is 0 Å². The van der Waals surface area contributed by atoms with E-state index in [1.165, 1.54) is 5.57 Å². The van der Waals surface area contributed by atoms with Gasteiger partial charge in [0.05, 0.1) is 19.3 Å². The van der Waals surface area contributed by atoms with Crippen LogP contribution in [0.4, 0.5) is 0 Å². The molecule has 0 spiro atoms. The van der Waals surface area contributed by atoms with E-state index in [1.54, 1.807) is 0 Å². The molecular weight excluding hydrogens is 393 g/mol. The minimum absolute atomic E-state index is 0. The molecule has 0 aliphatic carbocycles. The Bertz CT molecular complexity index is 366. The lowest BCUT2D eigenvalue weighted by Gasteiger charge is -2.34. The summed E-state index contributed by atoms with van der Waals surface area (Å²) in [7, 11) is 1.87. The van der Waals surface area contributed by atoms with Crippen molar-refractivity contribution in [3.63, 3.8) is 0 Å². The highest BCUT2D eigenvalue weighted by atomic mass is 127.